The first-order valence-electron chi connectivity index (χ1n) is 13.8. The lowest BCUT2D eigenvalue weighted by Gasteiger charge is -2.08. The molecule has 0 spiro atoms. The molecular weight excluding hydrogens is 659 g/mol. The number of halogens is 6. The molecule has 8 nitrogen and oxygen atoms in total. The van der Waals surface area contributed by atoms with E-state index in [1.165, 1.54) is 27.7 Å². The van der Waals surface area contributed by atoms with E-state index in [0.29, 0.717) is 45.0 Å². The van der Waals surface area contributed by atoms with Crippen LogP contribution in [0.3, 0.4) is 0 Å². The second-order valence-corrected chi connectivity index (χ2v) is 10.2. The molecule has 0 aliphatic heterocycles. The number of rotatable bonds is 8. The van der Waals surface area contributed by atoms with Crippen molar-refractivity contribution in [1.82, 2.24) is 29.5 Å². The maximum atomic E-state index is 13.1. The first-order valence-corrected chi connectivity index (χ1v) is 14.1. The Balaban J connectivity index is 0.000000208. The Morgan fingerprint density at radius 1 is 0.617 bits per heavy atom. The van der Waals surface area contributed by atoms with Crippen LogP contribution in [0.15, 0.2) is 97.3 Å². The monoisotopic (exact) mass is 686 g/mol. The predicted molar refractivity (Wildman–Crippen MR) is 174 cm³/mol. The van der Waals surface area contributed by atoms with Crippen molar-refractivity contribution in [3.63, 3.8) is 0 Å². The largest absolute Gasteiger partial charge is 0.497 e. The standard InChI is InChI=1S/C17H15F2N3O.C16H12ClF2N3O.ClH/c1-11-3-4-12(10-20-11)16-9-15(17(18)19)21-22(16)13-5-7-14(23-2)8-6-13;1-23-12-5-3-11(4-6-12)22-14(8-13(21-22)16(18)19)10-2-7-15(17)20-9-10;/h3-10,17H,1-2H3;2-9,16H,1H3;1H. The van der Waals surface area contributed by atoms with Crippen molar-refractivity contribution in [2.75, 3.05) is 14.2 Å². The van der Waals surface area contributed by atoms with Gasteiger partial charge in [0.2, 0.25) is 0 Å². The van der Waals surface area contributed by atoms with Crippen molar-refractivity contribution < 1.29 is 27.0 Å². The molecule has 4 aromatic heterocycles. The molecule has 0 saturated carbocycles. The molecule has 0 atom stereocenters. The quantitative estimate of drug-likeness (QED) is 0.117. The van der Waals surface area contributed by atoms with Crippen LogP contribution in [0.5, 0.6) is 11.5 Å². The van der Waals surface area contributed by atoms with Gasteiger partial charge in [0.05, 0.1) is 37.0 Å². The summed E-state index contributed by atoms with van der Waals surface area (Å²) in [6, 6.07) is 23.8. The van der Waals surface area contributed by atoms with E-state index in [4.69, 9.17) is 21.1 Å². The number of benzene rings is 2. The SMILES string of the molecule is COc1ccc(-n2nc(C(F)F)cc2-c2ccc(C)nc2)cc1.COc1ccc(-n2nc(C(F)F)cc2-c2ccc(Cl)nc2)cc1.Cl. The second-order valence-electron chi connectivity index (χ2n) is 9.79. The fourth-order valence-corrected chi connectivity index (χ4v) is 4.52. The van der Waals surface area contributed by atoms with E-state index in [1.54, 1.807) is 81.1 Å². The topological polar surface area (TPSA) is 79.9 Å². The molecule has 0 amide bonds. The highest BCUT2D eigenvalue weighted by atomic mass is 35.5. The minimum absolute atomic E-state index is 0. The van der Waals surface area contributed by atoms with Gasteiger partial charge in [0, 0.05) is 29.2 Å². The van der Waals surface area contributed by atoms with Gasteiger partial charge >= 0.3 is 0 Å². The van der Waals surface area contributed by atoms with Crippen LogP contribution in [0.25, 0.3) is 33.9 Å². The number of methoxy groups -OCH3 is 2. The first kappa shape index (κ1) is 34.9. The molecule has 0 radical (unpaired) electrons. The molecule has 6 rings (SSSR count). The summed E-state index contributed by atoms with van der Waals surface area (Å²) in [5.41, 5.74) is 4.06. The van der Waals surface area contributed by atoms with Gasteiger partial charge in [-0.3, -0.25) is 4.98 Å². The van der Waals surface area contributed by atoms with Gasteiger partial charge < -0.3 is 9.47 Å². The molecule has 244 valence electrons. The molecule has 0 bridgehead atoms. The van der Waals surface area contributed by atoms with Gasteiger partial charge in [-0.15, -0.1) is 12.4 Å². The molecular formula is C33H28Cl2F4N6O2. The second kappa shape index (κ2) is 15.6. The average molecular weight is 688 g/mol. The molecule has 47 heavy (non-hydrogen) atoms. The highest BCUT2D eigenvalue weighted by Crippen LogP contribution is 2.30. The number of ether oxygens (including phenoxy) is 2. The third-order valence-corrected chi connectivity index (χ3v) is 6.99. The van der Waals surface area contributed by atoms with Crippen LogP contribution >= 0.6 is 24.0 Å². The molecule has 0 fully saturated rings. The number of aromatic nitrogens is 6. The molecule has 0 N–H and O–H groups in total. The number of alkyl halides is 4. The van der Waals surface area contributed by atoms with E-state index < -0.39 is 12.9 Å². The van der Waals surface area contributed by atoms with Crippen molar-refractivity contribution in [2.24, 2.45) is 0 Å². The number of hydrogen-bond donors (Lipinski definition) is 0. The zero-order valence-corrected chi connectivity index (χ0v) is 26.8. The summed E-state index contributed by atoms with van der Waals surface area (Å²) in [5, 5.41) is 8.36. The lowest BCUT2D eigenvalue weighted by atomic mass is 10.2. The van der Waals surface area contributed by atoms with Gasteiger partial charge in [0.15, 0.2) is 0 Å². The van der Waals surface area contributed by atoms with Crippen molar-refractivity contribution in [2.45, 2.75) is 19.8 Å². The molecule has 0 aliphatic carbocycles. The molecule has 4 heterocycles. The maximum absolute atomic E-state index is 13.1. The summed E-state index contributed by atoms with van der Waals surface area (Å²) in [5.74, 6) is 1.36. The van der Waals surface area contributed by atoms with Crippen molar-refractivity contribution in [3.8, 4) is 45.4 Å². The smallest absolute Gasteiger partial charge is 0.282 e. The summed E-state index contributed by atoms with van der Waals surface area (Å²) >= 11 is 5.78. The first-order chi connectivity index (χ1) is 22.2. The minimum atomic E-state index is -2.66. The molecule has 6 aromatic rings. The molecule has 0 aliphatic rings. The Kier molecular flexibility index (Phi) is 11.6. The molecule has 14 heteroatoms. The van der Waals surface area contributed by atoms with Crippen molar-refractivity contribution in [3.05, 3.63) is 120 Å². The lowest BCUT2D eigenvalue weighted by molar-refractivity contribution is 0.145. The van der Waals surface area contributed by atoms with Gasteiger partial charge in [-0.25, -0.2) is 31.9 Å². The number of nitrogens with zero attached hydrogens (tertiary/aromatic N) is 6. The fourth-order valence-electron chi connectivity index (χ4n) is 4.41. The Bertz CT molecular complexity index is 1740. The summed E-state index contributed by atoms with van der Waals surface area (Å²) in [7, 11) is 3.13. The fraction of sp³-hybridized carbons (Fsp3) is 0.152. The van der Waals surface area contributed by atoms with Gasteiger partial charge in [-0.05, 0) is 91.9 Å². The molecule has 0 unspecified atom stereocenters. The van der Waals surface area contributed by atoms with E-state index in [1.807, 2.05) is 19.1 Å². The van der Waals surface area contributed by atoms with Crippen LogP contribution in [-0.2, 0) is 0 Å². The van der Waals surface area contributed by atoms with Crippen LogP contribution in [0, 0.1) is 6.92 Å². The third kappa shape index (κ3) is 8.27. The molecule has 2 aromatic carbocycles. The van der Waals surface area contributed by atoms with Crippen LogP contribution < -0.4 is 9.47 Å². The van der Waals surface area contributed by atoms with E-state index in [2.05, 4.69) is 20.2 Å². The minimum Gasteiger partial charge on any atom is -0.497 e. The van der Waals surface area contributed by atoms with Gasteiger partial charge in [-0.1, -0.05) is 11.6 Å². The third-order valence-electron chi connectivity index (χ3n) is 6.77. The summed E-state index contributed by atoms with van der Waals surface area (Å²) in [4.78, 5) is 8.21. The Morgan fingerprint density at radius 2 is 1.04 bits per heavy atom. The van der Waals surface area contributed by atoms with Crippen LogP contribution in [0.4, 0.5) is 17.6 Å². The zero-order valence-electron chi connectivity index (χ0n) is 25.2. The van der Waals surface area contributed by atoms with E-state index in [-0.39, 0.29) is 23.8 Å². The Labute approximate surface area is 279 Å². The molecule has 0 saturated heterocycles. The van der Waals surface area contributed by atoms with E-state index in [9.17, 15) is 17.6 Å². The number of aryl methyl sites for hydroxylation is 1. The van der Waals surface area contributed by atoms with Crippen LogP contribution in [0.1, 0.15) is 29.9 Å². The van der Waals surface area contributed by atoms with Gasteiger partial charge in [0.1, 0.15) is 28.0 Å². The summed E-state index contributed by atoms with van der Waals surface area (Å²) in [6.45, 7) is 1.87. The van der Waals surface area contributed by atoms with Crippen molar-refractivity contribution in [1.29, 1.82) is 0 Å². The van der Waals surface area contributed by atoms with Crippen molar-refractivity contribution >= 4 is 24.0 Å². The van der Waals surface area contributed by atoms with Crippen LogP contribution in [0.2, 0.25) is 5.15 Å². The number of pyridine rings is 2. The van der Waals surface area contributed by atoms with E-state index in [0.717, 1.165) is 11.3 Å². The van der Waals surface area contributed by atoms with Gasteiger partial charge in [0.25, 0.3) is 12.9 Å². The van der Waals surface area contributed by atoms with Crippen LogP contribution in [-0.4, -0.2) is 43.7 Å². The predicted octanol–water partition coefficient (Wildman–Crippen LogP) is 9.14. The highest BCUT2D eigenvalue weighted by molar-refractivity contribution is 6.29. The normalized spacial score (nSPS) is 10.8. The maximum Gasteiger partial charge on any atom is 0.282 e. The van der Waals surface area contributed by atoms with Gasteiger partial charge in [-0.2, -0.15) is 10.2 Å². The zero-order chi connectivity index (χ0) is 32.8. The summed E-state index contributed by atoms with van der Waals surface area (Å²) < 4.78 is 65.4. The average Bonchev–Trinajstić information content (AvgIpc) is 3.73. The Hall–Kier alpha value is -4.94. The Morgan fingerprint density at radius 3 is 1.38 bits per heavy atom. The number of hydrogen-bond acceptors (Lipinski definition) is 6. The van der Waals surface area contributed by atoms with E-state index >= 15 is 0 Å². The highest BCUT2D eigenvalue weighted by Gasteiger charge is 2.19. The summed E-state index contributed by atoms with van der Waals surface area (Å²) in [6.07, 6.45) is -2.11. The lowest BCUT2D eigenvalue weighted by Crippen LogP contribution is -2.00.